The summed E-state index contributed by atoms with van der Waals surface area (Å²) in [5, 5.41) is 11.1. The van der Waals surface area contributed by atoms with E-state index in [9.17, 15) is 9.90 Å². The fraction of sp³-hybridized carbons (Fsp3) is 0.667. The number of hydrogen-bond acceptors (Lipinski definition) is 3. The maximum atomic E-state index is 12.1. The maximum Gasteiger partial charge on any atom is 0.250 e. The van der Waals surface area contributed by atoms with Gasteiger partial charge in [-0.1, -0.05) is 6.07 Å². The Hall–Kier alpha value is -1.13. The molecule has 4 nitrogen and oxygen atoms in total. The van der Waals surface area contributed by atoms with Gasteiger partial charge in [-0.25, -0.2) is 0 Å². The van der Waals surface area contributed by atoms with Crippen LogP contribution in [0.3, 0.4) is 0 Å². The van der Waals surface area contributed by atoms with E-state index in [0.717, 1.165) is 38.0 Å². The summed E-state index contributed by atoms with van der Waals surface area (Å²) in [6, 6.07) is 5.76. The lowest BCUT2D eigenvalue weighted by molar-refractivity contribution is -0.124. The Morgan fingerprint density at radius 1 is 1.26 bits per heavy atom. The van der Waals surface area contributed by atoms with Crippen molar-refractivity contribution in [3.63, 3.8) is 0 Å². The maximum absolute atomic E-state index is 12.1. The van der Waals surface area contributed by atoms with Gasteiger partial charge in [0.05, 0.1) is 12.1 Å². The van der Waals surface area contributed by atoms with Crippen LogP contribution in [0.2, 0.25) is 0 Å². The first kappa shape index (κ1) is 11.7. The van der Waals surface area contributed by atoms with Gasteiger partial charge in [-0.05, 0) is 44.8 Å². The summed E-state index contributed by atoms with van der Waals surface area (Å²) in [4.78, 5) is 14.5. The first-order chi connectivity index (χ1) is 9.19. The van der Waals surface area contributed by atoms with Crippen LogP contribution in [-0.2, 0) is 6.54 Å². The molecule has 4 rings (SSSR count). The first-order valence-electron chi connectivity index (χ1n) is 7.35. The van der Waals surface area contributed by atoms with Crippen molar-refractivity contribution in [1.82, 2.24) is 9.47 Å². The third-order valence-corrected chi connectivity index (χ3v) is 5.24. The topological polar surface area (TPSA) is 45.5 Å². The van der Waals surface area contributed by atoms with E-state index in [1.54, 1.807) is 6.07 Å². The summed E-state index contributed by atoms with van der Waals surface area (Å²) in [7, 11) is 0. The van der Waals surface area contributed by atoms with Crippen molar-refractivity contribution in [3.8, 4) is 0 Å². The Kier molecular flexibility index (Phi) is 2.42. The highest BCUT2D eigenvalue weighted by Crippen LogP contribution is 2.45. The first-order valence-corrected chi connectivity index (χ1v) is 7.35. The van der Waals surface area contributed by atoms with E-state index in [0.29, 0.717) is 12.5 Å². The second kappa shape index (κ2) is 3.93. The van der Waals surface area contributed by atoms with Gasteiger partial charge in [-0.15, -0.1) is 0 Å². The predicted molar refractivity (Wildman–Crippen MR) is 72.2 cm³/mol. The lowest BCUT2D eigenvalue weighted by atomic mass is 9.70. The molecule has 0 amide bonds. The van der Waals surface area contributed by atoms with Crippen LogP contribution < -0.4 is 5.56 Å². The predicted octanol–water partition coefficient (Wildman–Crippen LogP) is 0.935. The smallest absolute Gasteiger partial charge is 0.250 e. The van der Waals surface area contributed by atoms with Crippen LogP contribution in [0.4, 0.5) is 0 Å². The van der Waals surface area contributed by atoms with Crippen LogP contribution in [0.1, 0.15) is 37.3 Å². The summed E-state index contributed by atoms with van der Waals surface area (Å²) in [5.41, 5.74) is 0.461. The highest BCUT2D eigenvalue weighted by molar-refractivity contribution is 5.23. The van der Waals surface area contributed by atoms with Gasteiger partial charge in [-0.3, -0.25) is 9.69 Å². The van der Waals surface area contributed by atoms with Crippen molar-refractivity contribution in [2.24, 2.45) is 0 Å². The van der Waals surface area contributed by atoms with E-state index in [1.165, 1.54) is 6.42 Å². The summed E-state index contributed by atoms with van der Waals surface area (Å²) in [6.45, 7) is 2.67. The molecular weight excluding hydrogens is 240 g/mol. The van der Waals surface area contributed by atoms with Gasteiger partial charge >= 0.3 is 0 Å². The van der Waals surface area contributed by atoms with E-state index in [4.69, 9.17) is 0 Å². The number of fused-ring (bicyclic) bond motifs is 2. The highest BCUT2D eigenvalue weighted by atomic mass is 16.3. The quantitative estimate of drug-likeness (QED) is 0.755. The minimum Gasteiger partial charge on any atom is -0.386 e. The number of aromatic nitrogens is 1. The Labute approximate surface area is 112 Å². The molecule has 2 saturated heterocycles. The zero-order chi connectivity index (χ0) is 13.0. The van der Waals surface area contributed by atoms with E-state index >= 15 is 0 Å². The molecule has 4 heterocycles. The van der Waals surface area contributed by atoms with Gasteiger partial charge in [0.25, 0.3) is 5.56 Å². The van der Waals surface area contributed by atoms with Gasteiger partial charge in [0, 0.05) is 23.7 Å². The zero-order valence-corrected chi connectivity index (χ0v) is 11.1. The third-order valence-electron chi connectivity index (χ3n) is 5.24. The minimum absolute atomic E-state index is 0.0343. The van der Waals surface area contributed by atoms with Crippen LogP contribution in [0.25, 0.3) is 0 Å². The van der Waals surface area contributed by atoms with Crippen LogP contribution in [0.15, 0.2) is 23.0 Å². The number of pyridine rings is 1. The molecule has 19 heavy (non-hydrogen) atoms. The molecule has 0 bridgehead atoms. The van der Waals surface area contributed by atoms with Gasteiger partial charge in [-0.2, -0.15) is 0 Å². The van der Waals surface area contributed by atoms with Crippen LogP contribution in [-0.4, -0.2) is 39.3 Å². The molecule has 1 aromatic rings. The molecule has 2 fully saturated rings. The molecule has 0 unspecified atom stereocenters. The number of hydrogen-bond donors (Lipinski definition) is 1. The van der Waals surface area contributed by atoms with E-state index < -0.39 is 5.60 Å². The number of piperidine rings is 2. The van der Waals surface area contributed by atoms with Gasteiger partial charge in [0.1, 0.15) is 0 Å². The second-order valence-electron chi connectivity index (χ2n) is 6.31. The van der Waals surface area contributed by atoms with Crippen molar-refractivity contribution in [2.75, 3.05) is 13.1 Å². The average Bonchev–Trinajstić information content (AvgIpc) is 2.40. The molecule has 102 valence electrons. The molecule has 0 spiro atoms. The molecule has 4 heteroatoms. The van der Waals surface area contributed by atoms with Crippen molar-refractivity contribution >= 4 is 0 Å². The van der Waals surface area contributed by atoms with Crippen molar-refractivity contribution < 1.29 is 5.11 Å². The zero-order valence-electron chi connectivity index (χ0n) is 11.1. The molecule has 0 aliphatic carbocycles. The fourth-order valence-electron chi connectivity index (χ4n) is 4.55. The van der Waals surface area contributed by atoms with E-state index in [1.807, 2.05) is 10.6 Å². The summed E-state index contributed by atoms with van der Waals surface area (Å²) < 4.78 is 1.82. The van der Waals surface area contributed by atoms with Crippen molar-refractivity contribution in [2.45, 2.75) is 49.8 Å². The molecule has 1 N–H and O–H groups in total. The van der Waals surface area contributed by atoms with Gasteiger partial charge < -0.3 is 9.67 Å². The SMILES string of the molecule is O=c1cccc2n1C[C@]1(O)CCCN3CCC[C@H]2[C@@H]31. The molecule has 3 aliphatic heterocycles. The summed E-state index contributed by atoms with van der Waals surface area (Å²) in [6.07, 6.45) is 4.12. The Morgan fingerprint density at radius 2 is 2.11 bits per heavy atom. The van der Waals surface area contributed by atoms with Crippen molar-refractivity contribution in [1.29, 1.82) is 0 Å². The lowest BCUT2D eigenvalue weighted by Gasteiger charge is -2.56. The number of nitrogens with zero attached hydrogens (tertiary/aromatic N) is 2. The van der Waals surface area contributed by atoms with E-state index in [-0.39, 0.29) is 11.6 Å². The third kappa shape index (κ3) is 1.56. The Balaban J connectivity index is 1.90. The van der Waals surface area contributed by atoms with Crippen LogP contribution >= 0.6 is 0 Å². The normalized spacial score (nSPS) is 37.5. The largest absolute Gasteiger partial charge is 0.386 e. The Bertz CT molecular complexity index is 566. The van der Waals surface area contributed by atoms with Crippen LogP contribution in [0.5, 0.6) is 0 Å². The minimum atomic E-state index is -0.707. The summed E-state index contributed by atoms with van der Waals surface area (Å²) in [5.74, 6) is 0.321. The summed E-state index contributed by atoms with van der Waals surface area (Å²) >= 11 is 0. The van der Waals surface area contributed by atoms with Gasteiger partial charge in [0.2, 0.25) is 0 Å². The Morgan fingerprint density at radius 3 is 3.00 bits per heavy atom. The number of aliphatic hydroxyl groups is 1. The average molecular weight is 260 g/mol. The molecule has 1 aromatic heterocycles. The molecular formula is C15H20N2O2. The molecule has 0 radical (unpaired) electrons. The molecule has 3 aliphatic rings. The lowest BCUT2D eigenvalue weighted by Crippen LogP contribution is -2.66. The monoisotopic (exact) mass is 260 g/mol. The molecule has 0 aromatic carbocycles. The molecule has 0 saturated carbocycles. The fourth-order valence-corrected chi connectivity index (χ4v) is 4.55. The van der Waals surface area contributed by atoms with Crippen LogP contribution in [0, 0.1) is 0 Å². The second-order valence-corrected chi connectivity index (χ2v) is 6.31. The van der Waals surface area contributed by atoms with Gasteiger partial charge in [0.15, 0.2) is 0 Å². The van der Waals surface area contributed by atoms with Crippen molar-refractivity contribution in [3.05, 3.63) is 34.2 Å². The van der Waals surface area contributed by atoms with E-state index in [2.05, 4.69) is 11.0 Å². The number of rotatable bonds is 0. The molecule has 3 atom stereocenters. The highest BCUT2D eigenvalue weighted by Gasteiger charge is 2.52. The standard InChI is InChI=1S/C15H20N2O2/c18-13-6-1-5-12-11-4-2-8-16-9-3-7-15(19,14(11)16)10-17(12)13/h1,5-6,11,14,19H,2-4,7-10H2/t11-,14-,15-/m1/s1.